The largest absolute Gasteiger partial charge is 0.381 e. The fourth-order valence-corrected chi connectivity index (χ4v) is 5.96. The summed E-state index contributed by atoms with van der Waals surface area (Å²) in [6.07, 6.45) is 5.73. The molecule has 0 bridgehead atoms. The third-order valence-electron chi connectivity index (χ3n) is 6.74. The number of hydrogen-bond acceptors (Lipinski definition) is 6. The highest BCUT2D eigenvalue weighted by molar-refractivity contribution is 7.20. The Morgan fingerprint density at radius 3 is 2.65 bits per heavy atom. The maximum atomic E-state index is 13.0. The lowest BCUT2D eigenvalue weighted by molar-refractivity contribution is 0.0543. The molecule has 0 atom stereocenters. The van der Waals surface area contributed by atoms with Crippen molar-refractivity contribution in [3.63, 3.8) is 0 Å². The van der Waals surface area contributed by atoms with E-state index in [1.165, 1.54) is 16.9 Å². The van der Waals surface area contributed by atoms with Crippen LogP contribution >= 0.6 is 11.3 Å². The van der Waals surface area contributed by atoms with E-state index in [0.29, 0.717) is 0 Å². The van der Waals surface area contributed by atoms with Gasteiger partial charge in [-0.25, -0.2) is 9.97 Å². The summed E-state index contributed by atoms with van der Waals surface area (Å²) >= 11 is 1.49. The molecule has 0 saturated carbocycles. The van der Waals surface area contributed by atoms with Crippen molar-refractivity contribution >= 4 is 33.3 Å². The van der Waals surface area contributed by atoms with Crippen LogP contribution in [0.2, 0.25) is 0 Å². The highest BCUT2D eigenvalue weighted by Crippen LogP contribution is 2.38. The standard InChI is InChI=1S/C24H28N4O2S/c1-17-19-21(25-15-24(9-13-30-14-10-24)18-7-3-2-4-8-18)26-16-27-22(19)31-20(17)23(29)28-11-5-6-12-28/h2-4,7-8,16H,5-6,9-15H2,1H3,(H,25,26,27). The first kappa shape index (κ1) is 20.4. The van der Waals surface area contributed by atoms with Crippen LogP contribution in [0, 0.1) is 6.92 Å². The molecule has 31 heavy (non-hydrogen) atoms. The Morgan fingerprint density at radius 2 is 1.90 bits per heavy atom. The van der Waals surface area contributed by atoms with Crippen molar-refractivity contribution in [3.05, 3.63) is 52.7 Å². The number of anilines is 1. The first-order chi connectivity index (χ1) is 15.2. The van der Waals surface area contributed by atoms with Gasteiger partial charge in [0, 0.05) is 38.3 Å². The summed E-state index contributed by atoms with van der Waals surface area (Å²) in [5, 5.41) is 4.61. The first-order valence-electron chi connectivity index (χ1n) is 11.1. The zero-order valence-electron chi connectivity index (χ0n) is 17.9. The molecule has 0 radical (unpaired) electrons. The Morgan fingerprint density at radius 1 is 1.16 bits per heavy atom. The SMILES string of the molecule is Cc1c(C(=O)N2CCCC2)sc2ncnc(NCC3(c4ccccc4)CCOCC3)c12. The third kappa shape index (κ3) is 3.81. The van der Waals surface area contributed by atoms with Crippen LogP contribution in [-0.4, -0.2) is 53.6 Å². The van der Waals surface area contributed by atoms with Crippen molar-refractivity contribution in [3.8, 4) is 0 Å². The number of likely N-dealkylation sites (tertiary alicyclic amines) is 1. The second-order valence-electron chi connectivity index (χ2n) is 8.57. The molecule has 2 aliphatic heterocycles. The molecule has 162 valence electrons. The number of carbonyl (C=O) groups excluding carboxylic acids is 1. The van der Waals surface area contributed by atoms with Crippen LogP contribution in [-0.2, 0) is 10.2 Å². The van der Waals surface area contributed by atoms with Gasteiger partial charge in [0.05, 0.1) is 10.3 Å². The monoisotopic (exact) mass is 436 g/mol. The van der Waals surface area contributed by atoms with Crippen LogP contribution in [0.25, 0.3) is 10.2 Å². The maximum absolute atomic E-state index is 13.0. The molecule has 0 unspecified atom stereocenters. The number of amides is 1. The van der Waals surface area contributed by atoms with Gasteiger partial charge in [-0.1, -0.05) is 30.3 Å². The van der Waals surface area contributed by atoms with Crippen LogP contribution in [0.4, 0.5) is 5.82 Å². The Labute approximate surface area is 186 Å². The van der Waals surface area contributed by atoms with E-state index in [0.717, 1.165) is 85.0 Å². The van der Waals surface area contributed by atoms with Crippen molar-refractivity contribution in [2.45, 2.75) is 38.0 Å². The Hall–Kier alpha value is -2.51. The number of fused-ring (bicyclic) bond motifs is 1. The van der Waals surface area contributed by atoms with Crippen LogP contribution in [0.15, 0.2) is 36.7 Å². The van der Waals surface area contributed by atoms with E-state index in [1.54, 1.807) is 6.33 Å². The average molecular weight is 437 g/mol. The zero-order valence-corrected chi connectivity index (χ0v) is 18.7. The van der Waals surface area contributed by atoms with E-state index in [4.69, 9.17) is 4.74 Å². The molecule has 2 saturated heterocycles. The summed E-state index contributed by atoms with van der Waals surface area (Å²) in [6.45, 7) is 6.04. The number of ether oxygens (including phenoxy) is 1. The molecule has 6 nitrogen and oxygen atoms in total. The highest BCUT2D eigenvalue weighted by atomic mass is 32.1. The fourth-order valence-electron chi connectivity index (χ4n) is 4.85. The minimum atomic E-state index is 0.00884. The fraction of sp³-hybridized carbons (Fsp3) is 0.458. The molecule has 4 heterocycles. The van der Waals surface area contributed by atoms with E-state index in [2.05, 4.69) is 45.6 Å². The molecule has 1 aromatic carbocycles. The number of benzene rings is 1. The van der Waals surface area contributed by atoms with E-state index in [1.807, 2.05) is 11.8 Å². The van der Waals surface area contributed by atoms with Gasteiger partial charge in [0.15, 0.2) is 0 Å². The quantitative estimate of drug-likeness (QED) is 0.642. The van der Waals surface area contributed by atoms with Crippen LogP contribution in [0.3, 0.4) is 0 Å². The predicted octanol–water partition coefficient (Wildman–Crippen LogP) is 4.40. The van der Waals surface area contributed by atoms with E-state index in [-0.39, 0.29) is 11.3 Å². The van der Waals surface area contributed by atoms with Gasteiger partial charge in [-0.2, -0.15) is 0 Å². The molecule has 7 heteroatoms. The number of rotatable bonds is 5. The topological polar surface area (TPSA) is 67.4 Å². The smallest absolute Gasteiger partial charge is 0.264 e. The van der Waals surface area contributed by atoms with Gasteiger partial charge < -0.3 is 15.0 Å². The molecular weight excluding hydrogens is 408 g/mol. The first-order valence-corrected chi connectivity index (χ1v) is 11.9. The minimum Gasteiger partial charge on any atom is -0.381 e. The number of aryl methyl sites for hydroxylation is 1. The Balaban J connectivity index is 1.45. The number of nitrogens with zero attached hydrogens (tertiary/aromatic N) is 3. The van der Waals surface area contributed by atoms with Crippen LogP contribution < -0.4 is 5.32 Å². The molecule has 1 N–H and O–H groups in total. The molecule has 2 aliphatic rings. The van der Waals surface area contributed by atoms with E-state index >= 15 is 0 Å². The molecular formula is C24H28N4O2S. The zero-order chi connectivity index (χ0) is 21.3. The van der Waals surface area contributed by atoms with Gasteiger partial charge in [0.1, 0.15) is 17.0 Å². The number of thiophene rings is 1. The number of aromatic nitrogens is 2. The number of carbonyl (C=O) groups is 1. The van der Waals surface area contributed by atoms with Gasteiger partial charge in [0.2, 0.25) is 0 Å². The van der Waals surface area contributed by atoms with Crippen molar-refractivity contribution in [2.75, 3.05) is 38.2 Å². The van der Waals surface area contributed by atoms with Gasteiger partial charge in [0.25, 0.3) is 5.91 Å². The second-order valence-corrected chi connectivity index (χ2v) is 9.57. The lowest BCUT2D eigenvalue weighted by Gasteiger charge is -2.38. The lowest BCUT2D eigenvalue weighted by Crippen LogP contribution is -2.40. The van der Waals surface area contributed by atoms with Gasteiger partial charge in [-0.15, -0.1) is 11.3 Å². The summed E-state index contributed by atoms with van der Waals surface area (Å²) in [6, 6.07) is 10.7. The van der Waals surface area contributed by atoms with Gasteiger partial charge in [-0.05, 0) is 43.7 Å². The summed E-state index contributed by atoms with van der Waals surface area (Å²) in [4.78, 5) is 25.7. The third-order valence-corrected chi connectivity index (χ3v) is 7.93. The average Bonchev–Trinajstić information content (AvgIpc) is 3.47. The summed E-state index contributed by atoms with van der Waals surface area (Å²) < 4.78 is 5.67. The molecule has 5 rings (SSSR count). The Kier molecular flexibility index (Phi) is 5.63. The summed E-state index contributed by atoms with van der Waals surface area (Å²) in [5.74, 6) is 0.954. The summed E-state index contributed by atoms with van der Waals surface area (Å²) in [7, 11) is 0. The molecule has 2 aromatic heterocycles. The van der Waals surface area contributed by atoms with Gasteiger partial charge in [-0.3, -0.25) is 4.79 Å². The van der Waals surface area contributed by atoms with Crippen molar-refractivity contribution in [1.29, 1.82) is 0 Å². The molecule has 0 aliphatic carbocycles. The van der Waals surface area contributed by atoms with Crippen molar-refractivity contribution in [1.82, 2.24) is 14.9 Å². The Bertz CT molecular complexity index is 1070. The normalized spacial score (nSPS) is 18.4. The van der Waals surface area contributed by atoms with Crippen molar-refractivity contribution in [2.24, 2.45) is 0 Å². The van der Waals surface area contributed by atoms with Crippen LogP contribution in [0.1, 0.15) is 46.5 Å². The lowest BCUT2D eigenvalue weighted by atomic mass is 9.74. The minimum absolute atomic E-state index is 0.00884. The molecule has 1 amide bonds. The van der Waals surface area contributed by atoms with Crippen molar-refractivity contribution < 1.29 is 9.53 Å². The number of hydrogen-bond donors (Lipinski definition) is 1. The second kappa shape index (κ2) is 8.55. The maximum Gasteiger partial charge on any atom is 0.264 e. The predicted molar refractivity (Wildman–Crippen MR) is 124 cm³/mol. The molecule has 3 aromatic rings. The van der Waals surface area contributed by atoms with E-state index in [9.17, 15) is 4.79 Å². The van der Waals surface area contributed by atoms with Gasteiger partial charge >= 0.3 is 0 Å². The van der Waals surface area contributed by atoms with E-state index < -0.39 is 0 Å². The molecule has 2 fully saturated rings. The van der Waals surface area contributed by atoms with Crippen LogP contribution in [0.5, 0.6) is 0 Å². The highest BCUT2D eigenvalue weighted by Gasteiger charge is 2.35. The number of nitrogens with one attached hydrogen (secondary N) is 1. The molecule has 0 spiro atoms. The summed E-state index contributed by atoms with van der Waals surface area (Å²) in [5.41, 5.74) is 2.33.